The van der Waals surface area contributed by atoms with Crippen LogP contribution in [0.4, 0.5) is 0 Å². The van der Waals surface area contributed by atoms with E-state index in [1.165, 1.54) is 10.9 Å². The molecule has 28 heavy (non-hydrogen) atoms. The van der Waals surface area contributed by atoms with Gasteiger partial charge in [0.05, 0.1) is 5.69 Å². The van der Waals surface area contributed by atoms with Crippen molar-refractivity contribution in [3.63, 3.8) is 0 Å². The highest BCUT2D eigenvalue weighted by molar-refractivity contribution is 6.31. The van der Waals surface area contributed by atoms with Crippen LogP contribution in [-0.4, -0.2) is 65.7 Å². The minimum absolute atomic E-state index is 0.764. The van der Waals surface area contributed by atoms with E-state index >= 15 is 0 Å². The van der Waals surface area contributed by atoms with Crippen LogP contribution in [0.5, 0.6) is 0 Å². The number of aromatic nitrogens is 2. The van der Waals surface area contributed by atoms with Gasteiger partial charge in [-0.15, -0.1) is 0 Å². The van der Waals surface area contributed by atoms with E-state index in [0.717, 1.165) is 67.9 Å². The fraction of sp³-hybridized carbons (Fsp3) is 0.400. The maximum atomic E-state index is 6.14. The summed E-state index contributed by atoms with van der Waals surface area (Å²) in [5.41, 5.74) is 3.36. The number of hydrogen-bond acceptors (Lipinski definition) is 4. The van der Waals surface area contributed by atoms with Gasteiger partial charge in [-0.25, -0.2) is 0 Å². The van der Waals surface area contributed by atoms with Gasteiger partial charge in [-0.2, -0.15) is 0 Å². The molecule has 4 rings (SSSR count). The number of benzene rings is 1. The van der Waals surface area contributed by atoms with Crippen molar-refractivity contribution >= 4 is 28.5 Å². The summed E-state index contributed by atoms with van der Waals surface area (Å²) in [6.45, 7) is 5.51. The lowest BCUT2D eigenvalue weighted by atomic mass is 10.1. The molecule has 2 aromatic heterocycles. The van der Waals surface area contributed by atoms with Crippen LogP contribution in [-0.2, 0) is 13.0 Å². The van der Waals surface area contributed by atoms with Crippen molar-refractivity contribution in [2.75, 3.05) is 39.8 Å². The highest BCUT2D eigenvalue weighted by atomic mass is 35.5. The smallest absolute Gasteiger partial charge is 0.193 e. The molecule has 0 atom stereocenters. The molecule has 0 bridgehead atoms. The van der Waals surface area contributed by atoms with Crippen LogP contribution in [0.3, 0.4) is 0 Å². The van der Waals surface area contributed by atoms with Crippen molar-refractivity contribution in [3.05, 3.63) is 53.0 Å². The lowest BCUT2D eigenvalue weighted by Gasteiger charge is -2.36. The number of hydrogen-bond donors (Lipinski definition) is 2. The van der Waals surface area contributed by atoms with Crippen molar-refractivity contribution in [1.29, 1.82) is 0 Å². The summed E-state index contributed by atoms with van der Waals surface area (Å²) in [7, 11) is 1.84. The molecular weight excluding hydrogens is 376 g/mol. The van der Waals surface area contributed by atoms with Crippen molar-refractivity contribution in [2.45, 2.75) is 13.0 Å². The highest BCUT2D eigenvalue weighted by Gasteiger charge is 2.20. The molecule has 3 heterocycles. The summed E-state index contributed by atoms with van der Waals surface area (Å²) in [6, 6.07) is 7.87. The Bertz CT molecular complexity index is 927. The summed E-state index contributed by atoms with van der Waals surface area (Å²) in [5, 5.41) is 9.45. The highest BCUT2D eigenvalue weighted by Crippen LogP contribution is 2.22. The Hall–Kier alpha value is -2.51. The molecular formula is C20H25ClN6O. The van der Waals surface area contributed by atoms with Crippen LogP contribution in [0.15, 0.2) is 46.2 Å². The molecule has 0 radical (unpaired) electrons. The van der Waals surface area contributed by atoms with E-state index in [1.807, 2.05) is 31.3 Å². The van der Waals surface area contributed by atoms with Gasteiger partial charge in [-0.1, -0.05) is 16.8 Å². The average molecular weight is 401 g/mol. The molecule has 0 aliphatic carbocycles. The van der Waals surface area contributed by atoms with E-state index in [1.54, 1.807) is 6.26 Å². The number of nitrogens with one attached hydrogen (secondary N) is 2. The first-order valence-electron chi connectivity index (χ1n) is 9.55. The average Bonchev–Trinajstić information content (AvgIpc) is 3.36. The zero-order chi connectivity index (χ0) is 19.3. The molecule has 7 nitrogen and oxygen atoms in total. The molecule has 0 spiro atoms. The molecule has 3 aromatic rings. The van der Waals surface area contributed by atoms with E-state index in [0.29, 0.717) is 0 Å². The fourth-order valence-corrected chi connectivity index (χ4v) is 3.84. The van der Waals surface area contributed by atoms with Crippen LogP contribution in [0.2, 0.25) is 5.02 Å². The molecule has 1 fully saturated rings. The molecule has 0 saturated carbocycles. The topological polar surface area (TPSA) is 72.7 Å². The number of piperazine rings is 1. The van der Waals surface area contributed by atoms with E-state index in [-0.39, 0.29) is 0 Å². The zero-order valence-corrected chi connectivity index (χ0v) is 16.7. The number of H-pyrrole nitrogens is 1. The van der Waals surface area contributed by atoms with E-state index in [2.05, 4.69) is 36.4 Å². The van der Waals surface area contributed by atoms with Crippen LogP contribution in [0, 0.1) is 0 Å². The van der Waals surface area contributed by atoms with Gasteiger partial charge in [-0.3, -0.25) is 9.89 Å². The minimum Gasteiger partial charge on any atom is -0.364 e. The maximum absolute atomic E-state index is 6.14. The Morgan fingerprint density at radius 3 is 2.89 bits per heavy atom. The monoisotopic (exact) mass is 400 g/mol. The first kappa shape index (κ1) is 18.8. The number of guanidine groups is 1. The van der Waals surface area contributed by atoms with Gasteiger partial charge in [0.25, 0.3) is 0 Å². The second kappa shape index (κ2) is 8.67. The molecule has 1 aromatic carbocycles. The first-order chi connectivity index (χ1) is 13.7. The Balaban J connectivity index is 1.27. The fourth-order valence-electron chi connectivity index (χ4n) is 3.66. The predicted octanol–water partition coefficient (Wildman–Crippen LogP) is 2.75. The van der Waals surface area contributed by atoms with Gasteiger partial charge in [-0.05, 0) is 30.2 Å². The maximum Gasteiger partial charge on any atom is 0.193 e. The number of halogens is 1. The molecule has 1 aliphatic rings. The number of nitrogens with zero attached hydrogens (tertiary/aromatic N) is 4. The Kier molecular flexibility index (Phi) is 5.83. The second-order valence-corrected chi connectivity index (χ2v) is 7.42. The lowest BCUT2D eigenvalue weighted by Crippen LogP contribution is -2.52. The summed E-state index contributed by atoms with van der Waals surface area (Å²) < 4.78 is 4.92. The third-order valence-electron chi connectivity index (χ3n) is 5.17. The molecule has 1 saturated heterocycles. The third kappa shape index (κ3) is 4.31. The SMILES string of the molecule is CN=C(NCCc1c[nH]c2ccc(Cl)cc12)N1CCN(Cc2ccon2)CC1. The minimum atomic E-state index is 0.764. The van der Waals surface area contributed by atoms with Gasteiger partial charge < -0.3 is 19.7 Å². The second-order valence-electron chi connectivity index (χ2n) is 6.98. The summed E-state index contributed by atoms with van der Waals surface area (Å²) >= 11 is 6.14. The number of rotatable bonds is 5. The molecule has 0 amide bonds. The van der Waals surface area contributed by atoms with Crippen LogP contribution >= 0.6 is 11.6 Å². The molecule has 1 aliphatic heterocycles. The standard InChI is InChI=1S/C20H25ClN6O/c1-22-20(27-9-7-26(8-10-27)14-17-5-11-28-25-17)23-6-4-15-13-24-19-3-2-16(21)12-18(15)19/h2-3,5,11-13,24H,4,6-10,14H2,1H3,(H,22,23). The Labute approximate surface area is 169 Å². The summed E-state index contributed by atoms with van der Waals surface area (Å²) in [6.07, 6.45) is 4.60. The largest absolute Gasteiger partial charge is 0.364 e. The van der Waals surface area contributed by atoms with Crippen LogP contribution in [0.1, 0.15) is 11.3 Å². The van der Waals surface area contributed by atoms with Crippen LogP contribution < -0.4 is 5.32 Å². The van der Waals surface area contributed by atoms with Gasteiger partial charge in [0.15, 0.2) is 5.96 Å². The molecule has 8 heteroatoms. The quantitative estimate of drug-likeness (QED) is 0.509. The van der Waals surface area contributed by atoms with Crippen molar-refractivity contribution in [3.8, 4) is 0 Å². The summed E-state index contributed by atoms with van der Waals surface area (Å²) in [5.74, 6) is 0.957. The van der Waals surface area contributed by atoms with Crippen molar-refractivity contribution < 1.29 is 4.52 Å². The molecule has 2 N–H and O–H groups in total. The van der Waals surface area contributed by atoms with Crippen molar-refractivity contribution in [2.24, 2.45) is 4.99 Å². The van der Waals surface area contributed by atoms with Crippen molar-refractivity contribution in [1.82, 2.24) is 25.3 Å². The molecule has 0 unspecified atom stereocenters. The lowest BCUT2D eigenvalue weighted by molar-refractivity contribution is 0.169. The van der Waals surface area contributed by atoms with E-state index < -0.39 is 0 Å². The predicted molar refractivity (Wildman–Crippen MR) is 112 cm³/mol. The third-order valence-corrected chi connectivity index (χ3v) is 5.40. The Morgan fingerprint density at radius 1 is 1.29 bits per heavy atom. The molecule has 148 valence electrons. The zero-order valence-electron chi connectivity index (χ0n) is 16.0. The van der Waals surface area contributed by atoms with Crippen LogP contribution in [0.25, 0.3) is 10.9 Å². The number of aromatic amines is 1. The van der Waals surface area contributed by atoms with Gasteiger partial charge >= 0.3 is 0 Å². The normalized spacial score (nSPS) is 16.1. The first-order valence-corrected chi connectivity index (χ1v) is 9.93. The Morgan fingerprint density at radius 2 is 2.14 bits per heavy atom. The number of aliphatic imine (C=N–C) groups is 1. The van der Waals surface area contributed by atoms with Gasteiger partial charge in [0, 0.05) is 74.5 Å². The number of fused-ring (bicyclic) bond motifs is 1. The van der Waals surface area contributed by atoms with Gasteiger partial charge in [0.2, 0.25) is 0 Å². The van der Waals surface area contributed by atoms with E-state index in [4.69, 9.17) is 16.1 Å². The summed E-state index contributed by atoms with van der Waals surface area (Å²) in [4.78, 5) is 12.5. The van der Waals surface area contributed by atoms with Gasteiger partial charge in [0.1, 0.15) is 6.26 Å². The van der Waals surface area contributed by atoms with E-state index in [9.17, 15) is 0 Å².